The lowest BCUT2D eigenvalue weighted by molar-refractivity contribution is 0.581. The van der Waals surface area contributed by atoms with Gasteiger partial charge in [0.1, 0.15) is 17.5 Å². The van der Waals surface area contributed by atoms with E-state index in [1.165, 1.54) is 12.1 Å². The highest BCUT2D eigenvalue weighted by molar-refractivity contribution is 9.10. The van der Waals surface area contributed by atoms with Crippen LogP contribution in [0.15, 0.2) is 34.8 Å². The van der Waals surface area contributed by atoms with E-state index < -0.39 is 22.8 Å². The largest absolute Gasteiger partial charge is 0.207 e. The molecule has 19 heavy (non-hydrogen) atoms. The molecule has 0 radical (unpaired) electrons. The summed E-state index contributed by atoms with van der Waals surface area (Å²) in [6, 6.07) is 5.95. The Balaban J connectivity index is 2.53. The van der Waals surface area contributed by atoms with Crippen LogP contribution in [0.2, 0.25) is 5.02 Å². The van der Waals surface area contributed by atoms with Crippen LogP contribution in [0.3, 0.4) is 0 Å². The maximum atomic E-state index is 13.8. The van der Waals surface area contributed by atoms with Gasteiger partial charge in [-0.2, -0.15) is 0 Å². The van der Waals surface area contributed by atoms with E-state index in [-0.39, 0.29) is 20.6 Å². The minimum atomic E-state index is -1.08. The molecular formula is C13H6BrCl2F3. The van der Waals surface area contributed by atoms with E-state index in [4.69, 9.17) is 23.2 Å². The average Bonchev–Trinajstić information content (AvgIpc) is 2.36. The fraction of sp³-hybridized carbons (Fsp3) is 0.0769. The van der Waals surface area contributed by atoms with Crippen LogP contribution in [-0.4, -0.2) is 0 Å². The van der Waals surface area contributed by atoms with Crippen LogP contribution in [0.1, 0.15) is 16.5 Å². The first kappa shape index (κ1) is 14.7. The Labute approximate surface area is 126 Å². The van der Waals surface area contributed by atoms with Gasteiger partial charge in [-0.15, -0.1) is 11.6 Å². The molecule has 0 N–H and O–H groups in total. The standard InChI is InChI=1S/C13H6BrCl2F3/c14-8-5-10(18)7(4-11(8)19)12(15)6-2-1-3-9(17)13(6)16/h1-5,12H. The second kappa shape index (κ2) is 5.73. The minimum absolute atomic E-state index is 0.0112. The summed E-state index contributed by atoms with van der Waals surface area (Å²) >= 11 is 14.7. The molecular weight excluding hydrogens is 364 g/mol. The fourth-order valence-electron chi connectivity index (χ4n) is 1.62. The molecule has 0 bridgehead atoms. The number of rotatable bonds is 2. The molecule has 2 rings (SSSR count). The molecule has 0 aliphatic carbocycles. The lowest BCUT2D eigenvalue weighted by Gasteiger charge is -2.14. The summed E-state index contributed by atoms with van der Waals surface area (Å²) < 4.78 is 40.5. The Kier molecular flexibility index (Phi) is 4.43. The maximum absolute atomic E-state index is 13.8. The molecule has 0 aliphatic rings. The Morgan fingerprint density at radius 3 is 2.32 bits per heavy atom. The third-order valence-electron chi connectivity index (χ3n) is 2.57. The van der Waals surface area contributed by atoms with Crippen LogP contribution >= 0.6 is 39.1 Å². The van der Waals surface area contributed by atoms with Gasteiger partial charge in [0.05, 0.1) is 14.9 Å². The van der Waals surface area contributed by atoms with E-state index in [0.717, 1.165) is 18.2 Å². The van der Waals surface area contributed by atoms with Crippen molar-refractivity contribution in [1.82, 2.24) is 0 Å². The lowest BCUT2D eigenvalue weighted by atomic mass is 10.0. The predicted octanol–water partition coefficient (Wildman–Crippen LogP) is 5.85. The molecule has 2 aromatic carbocycles. The number of hydrogen-bond donors (Lipinski definition) is 0. The SMILES string of the molecule is Fc1cc(C(Cl)c2cccc(F)c2Cl)c(F)cc1Br. The average molecular weight is 370 g/mol. The second-order valence-electron chi connectivity index (χ2n) is 3.79. The van der Waals surface area contributed by atoms with Crippen molar-refractivity contribution in [2.45, 2.75) is 5.38 Å². The molecule has 2 aromatic rings. The first-order valence-corrected chi connectivity index (χ1v) is 6.75. The third-order valence-corrected chi connectivity index (χ3v) is 4.04. The summed E-state index contributed by atoms with van der Waals surface area (Å²) in [6.07, 6.45) is 0. The van der Waals surface area contributed by atoms with Crippen molar-refractivity contribution in [2.24, 2.45) is 0 Å². The summed E-state index contributed by atoms with van der Waals surface area (Å²) in [5.41, 5.74) is 0.0822. The highest BCUT2D eigenvalue weighted by atomic mass is 79.9. The van der Waals surface area contributed by atoms with Gasteiger partial charge in [-0.05, 0) is 39.7 Å². The molecule has 0 aliphatic heterocycles. The normalized spacial score (nSPS) is 12.5. The van der Waals surface area contributed by atoms with Gasteiger partial charge < -0.3 is 0 Å². The van der Waals surface area contributed by atoms with Gasteiger partial charge in [0.25, 0.3) is 0 Å². The zero-order chi connectivity index (χ0) is 14.2. The molecule has 0 amide bonds. The van der Waals surface area contributed by atoms with Crippen LogP contribution < -0.4 is 0 Å². The third kappa shape index (κ3) is 2.91. The molecule has 1 unspecified atom stereocenters. The maximum Gasteiger partial charge on any atom is 0.142 e. The second-order valence-corrected chi connectivity index (χ2v) is 5.46. The number of alkyl halides is 1. The van der Waals surface area contributed by atoms with Gasteiger partial charge in [0.2, 0.25) is 0 Å². The number of benzene rings is 2. The molecule has 100 valence electrons. The van der Waals surface area contributed by atoms with Gasteiger partial charge in [-0.1, -0.05) is 23.7 Å². The molecule has 1 atom stereocenters. The van der Waals surface area contributed by atoms with Crippen LogP contribution in [0.4, 0.5) is 13.2 Å². The van der Waals surface area contributed by atoms with E-state index in [1.54, 1.807) is 0 Å². The minimum Gasteiger partial charge on any atom is -0.207 e. The van der Waals surface area contributed by atoms with Crippen LogP contribution in [-0.2, 0) is 0 Å². The smallest absolute Gasteiger partial charge is 0.142 e. The molecule has 0 aromatic heterocycles. The highest BCUT2D eigenvalue weighted by Crippen LogP contribution is 2.37. The highest BCUT2D eigenvalue weighted by Gasteiger charge is 2.21. The Morgan fingerprint density at radius 1 is 0.947 bits per heavy atom. The van der Waals surface area contributed by atoms with E-state index in [0.29, 0.717) is 0 Å². The molecule has 0 saturated heterocycles. The van der Waals surface area contributed by atoms with E-state index in [9.17, 15) is 13.2 Å². The van der Waals surface area contributed by atoms with Crippen LogP contribution in [0.5, 0.6) is 0 Å². The summed E-state index contributed by atoms with van der Waals surface area (Å²) in [5.74, 6) is -2.02. The monoisotopic (exact) mass is 368 g/mol. The Hall–Kier alpha value is -0.710. The topological polar surface area (TPSA) is 0 Å². The summed E-state index contributed by atoms with van der Waals surface area (Å²) in [4.78, 5) is 0. The van der Waals surface area contributed by atoms with Crippen molar-refractivity contribution >= 4 is 39.1 Å². The van der Waals surface area contributed by atoms with E-state index in [2.05, 4.69) is 15.9 Å². The molecule has 0 heterocycles. The summed E-state index contributed by atoms with van der Waals surface area (Å²) in [6.45, 7) is 0. The zero-order valence-corrected chi connectivity index (χ0v) is 12.3. The van der Waals surface area contributed by atoms with Gasteiger partial charge in [0, 0.05) is 5.56 Å². The van der Waals surface area contributed by atoms with Gasteiger partial charge in [0.15, 0.2) is 0 Å². The molecule has 0 fully saturated rings. The summed E-state index contributed by atoms with van der Waals surface area (Å²) in [7, 11) is 0. The van der Waals surface area contributed by atoms with Gasteiger partial charge in [-0.3, -0.25) is 0 Å². The van der Waals surface area contributed by atoms with E-state index >= 15 is 0 Å². The summed E-state index contributed by atoms with van der Waals surface area (Å²) in [5, 5.41) is -1.28. The fourth-order valence-corrected chi connectivity index (χ4v) is 2.57. The van der Waals surface area contributed by atoms with Gasteiger partial charge >= 0.3 is 0 Å². The molecule has 0 spiro atoms. The Bertz CT molecular complexity index is 632. The van der Waals surface area contributed by atoms with Crippen molar-refractivity contribution in [2.75, 3.05) is 0 Å². The zero-order valence-electron chi connectivity index (χ0n) is 9.23. The number of hydrogen-bond acceptors (Lipinski definition) is 0. The van der Waals surface area contributed by atoms with Crippen molar-refractivity contribution in [3.8, 4) is 0 Å². The van der Waals surface area contributed by atoms with Crippen molar-refractivity contribution in [3.05, 3.63) is 68.4 Å². The molecule has 6 heteroatoms. The molecule has 0 saturated carbocycles. The number of halogens is 6. The first-order valence-electron chi connectivity index (χ1n) is 5.14. The van der Waals surface area contributed by atoms with Crippen LogP contribution in [0.25, 0.3) is 0 Å². The van der Waals surface area contributed by atoms with E-state index in [1.807, 2.05) is 0 Å². The van der Waals surface area contributed by atoms with Crippen LogP contribution in [0, 0.1) is 17.5 Å². The molecule has 0 nitrogen and oxygen atoms in total. The van der Waals surface area contributed by atoms with Crippen molar-refractivity contribution < 1.29 is 13.2 Å². The Morgan fingerprint density at radius 2 is 1.63 bits per heavy atom. The van der Waals surface area contributed by atoms with Crippen molar-refractivity contribution in [3.63, 3.8) is 0 Å². The van der Waals surface area contributed by atoms with Gasteiger partial charge in [-0.25, -0.2) is 13.2 Å². The predicted molar refractivity (Wildman–Crippen MR) is 73.2 cm³/mol. The van der Waals surface area contributed by atoms with Crippen molar-refractivity contribution in [1.29, 1.82) is 0 Å². The quantitative estimate of drug-likeness (QED) is 0.460. The lowest BCUT2D eigenvalue weighted by Crippen LogP contribution is -2.00. The first-order chi connectivity index (χ1) is 8.91.